The molecule has 194 valence electrons. The molecule has 12 heteroatoms. The van der Waals surface area contributed by atoms with Crippen LogP contribution in [0.25, 0.3) is 0 Å². The number of hydrogen-bond donors (Lipinski definition) is 0. The summed E-state index contributed by atoms with van der Waals surface area (Å²) in [5.74, 6) is -3.02. The molecule has 3 heterocycles. The van der Waals surface area contributed by atoms with E-state index in [1.807, 2.05) is 4.68 Å². The molecule has 1 spiro atoms. The number of nitrogens with zero attached hydrogens (tertiary/aromatic N) is 5. The fourth-order valence-corrected chi connectivity index (χ4v) is 5.42. The van der Waals surface area contributed by atoms with E-state index >= 15 is 0 Å². The van der Waals surface area contributed by atoms with Gasteiger partial charge in [0, 0.05) is 37.5 Å². The Hall–Kier alpha value is -2.79. The molecule has 2 aromatic rings. The molecule has 4 fully saturated rings. The number of aromatic nitrogens is 4. The maximum absolute atomic E-state index is 13.8. The fraction of sp³-hybridized carbons (Fsp3) is 0.667. The minimum atomic E-state index is -4.85. The van der Waals surface area contributed by atoms with Crippen molar-refractivity contribution >= 4 is 5.91 Å². The number of rotatable bonds is 7. The SMILES string of the molecule is CC(F)(F)C1(COc2ncc(C(=O)N3CC4(CC(n5cnc(C6CC6)n5)C4)C3)cc2C(F)(F)F)CC1. The monoisotopic (exact) mass is 511 g/mol. The van der Waals surface area contributed by atoms with Gasteiger partial charge < -0.3 is 9.64 Å². The Morgan fingerprint density at radius 3 is 2.42 bits per heavy atom. The van der Waals surface area contributed by atoms with Gasteiger partial charge in [0.1, 0.15) is 18.5 Å². The van der Waals surface area contributed by atoms with Gasteiger partial charge in [0.05, 0.1) is 17.0 Å². The molecule has 2 aromatic heterocycles. The van der Waals surface area contributed by atoms with Crippen LogP contribution in [0.5, 0.6) is 5.88 Å². The van der Waals surface area contributed by atoms with Crippen molar-refractivity contribution in [2.75, 3.05) is 19.7 Å². The Morgan fingerprint density at radius 2 is 1.83 bits per heavy atom. The van der Waals surface area contributed by atoms with Crippen LogP contribution in [0, 0.1) is 10.8 Å². The van der Waals surface area contributed by atoms with E-state index in [9.17, 15) is 26.7 Å². The van der Waals surface area contributed by atoms with Crippen molar-refractivity contribution in [2.45, 2.75) is 69.5 Å². The highest BCUT2D eigenvalue weighted by molar-refractivity contribution is 5.95. The lowest BCUT2D eigenvalue weighted by Crippen LogP contribution is -2.63. The molecule has 7 nitrogen and oxygen atoms in total. The minimum absolute atomic E-state index is 0.0423. The van der Waals surface area contributed by atoms with E-state index in [0.717, 1.165) is 44.6 Å². The number of alkyl halides is 5. The number of carbonyl (C=O) groups excluding carboxylic acids is 1. The summed E-state index contributed by atoms with van der Waals surface area (Å²) in [6.07, 6.45) is 2.22. The van der Waals surface area contributed by atoms with Gasteiger partial charge in [-0.05, 0) is 44.6 Å². The molecular formula is C24H26F5N5O2. The van der Waals surface area contributed by atoms with Crippen LogP contribution in [0.3, 0.4) is 0 Å². The van der Waals surface area contributed by atoms with Crippen molar-refractivity contribution in [2.24, 2.45) is 10.8 Å². The van der Waals surface area contributed by atoms with Crippen LogP contribution >= 0.6 is 0 Å². The Bertz CT molecular complexity index is 1180. The molecule has 0 unspecified atom stereocenters. The molecule has 0 bridgehead atoms. The van der Waals surface area contributed by atoms with Gasteiger partial charge in [-0.3, -0.25) is 4.79 Å². The lowest BCUT2D eigenvalue weighted by atomic mass is 9.60. The summed E-state index contributed by atoms with van der Waals surface area (Å²) < 4.78 is 75.7. The average molecular weight is 511 g/mol. The zero-order valence-electron chi connectivity index (χ0n) is 19.7. The quantitative estimate of drug-likeness (QED) is 0.497. The Morgan fingerprint density at radius 1 is 1.14 bits per heavy atom. The third kappa shape index (κ3) is 4.02. The molecule has 3 aliphatic carbocycles. The van der Waals surface area contributed by atoms with Crippen LogP contribution < -0.4 is 4.74 Å². The Kier molecular flexibility index (Phi) is 4.99. The molecule has 0 atom stereocenters. The highest BCUT2D eigenvalue weighted by Gasteiger charge is 2.60. The molecule has 0 radical (unpaired) electrons. The van der Waals surface area contributed by atoms with E-state index in [1.54, 1.807) is 6.33 Å². The normalized spacial score (nSPS) is 22.8. The maximum Gasteiger partial charge on any atom is 0.421 e. The molecule has 3 saturated carbocycles. The number of pyridine rings is 1. The first-order valence-corrected chi connectivity index (χ1v) is 12.2. The summed E-state index contributed by atoms with van der Waals surface area (Å²) in [5.41, 5.74) is -2.95. The highest BCUT2D eigenvalue weighted by Crippen LogP contribution is 2.57. The van der Waals surface area contributed by atoms with Crippen LogP contribution in [-0.2, 0) is 6.18 Å². The van der Waals surface area contributed by atoms with Crippen LogP contribution in [0.2, 0.25) is 0 Å². The first kappa shape index (κ1) is 23.6. The number of amides is 1. The second-order valence-electron chi connectivity index (χ2n) is 11.1. The standard InChI is InChI=1S/C24H26F5N5O2/c1-21(25,26)23(4-5-23)12-36-19-17(24(27,28)29)6-15(9-30-19)20(35)33-10-22(11-33)7-16(8-22)34-13-31-18(32-34)14-2-3-14/h6,9,13-14,16H,2-5,7-8,10-12H2,1H3. The second kappa shape index (κ2) is 7.61. The second-order valence-corrected chi connectivity index (χ2v) is 11.1. The number of carbonyl (C=O) groups is 1. The molecule has 1 saturated heterocycles. The predicted octanol–water partition coefficient (Wildman–Crippen LogP) is 4.86. The van der Waals surface area contributed by atoms with Gasteiger partial charge in [-0.2, -0.15) is 18.3 Å². The van der Waals surface area contributed by atoms with Crippen molar-refractivity contribution in [3.63, 3.8) is 0 Å². The van der Waals surface area contributed by atoms with E-state index < -0.39 is 41.5 Å². The predicted molar refractivity (Wildman–Crippen MR) is 116 cm³/mol. The number of hydrogen-bond acceptors (Lipinski definition) is 5. The van der Waals surface area contributed by atoms with Crippen molar-refractivity contribution in [3.8, 4) is 5.88 Å². The number of ether oxygens (including phenoxy) is 1. The smallest absolute Gasteiger partial charge is 0.421 e. The first-order valence-electron chi connectivity index (χ1n) is 12.2. The van der Waals surface area contributed by atoms with Gasteiger partial charge in [0.2, 0.25) is 5.88 Å². The third-order valence-corrected chi connectivity index (χ3v) is 8.19. The van der Waals surface area contributed by atoms with E-state index in [-0.39, 0.29) is 29.9 Å². The van der Waals surface area contributed by atoms with E-state index in [2.05, 4.69) is 15.1 Å². The largest absolute Gasteiger partial charge is 0.476 e. The topological polar surface area (TPSA) is 73.1 Å². The maximum atomic E-state index is 13.8. The summed E-state index contributed by atoms with van der Waals surface area (Å²) in [7, 11) is 0. The zero-order chi connectivity index (χ0) is 25.5. The van der Waals surface area contributed by atoms with Crippen LogP contribution in [0.15, 0.2) is 18.6 Å². The van der Waals surface area contributed by atoms with Gasteiger partial charge in [-0.25, -0.2) is 23.4 Å². The van der Waals surface area contributed by atoms with Crippen molar-refractivity contribution in [3.05, 3.63) is 35.5 Å². The molecule has 1 amide bonds. The minimum Gasteiger partial charge on any atom is -0.476 e. The Labute approximate surface area is 204 Å². The van der Waals surface area contributed by atoms with Gasteiger partial charge in [0.15, 0.2) is 5.82 Å². The molecule has 4 aliphatic rings. The average Bonchev–Trinajstić information content (AvgIpc) is 3.68. The van der Waals surface area contributed by atoms with E-state index in [1.165, 1.54) is 4.90 Å². The fourth-order valence-electron chi connectivity index (χ4n) is 5.42. The van der Waals surface area contributed by atoms with Gasteiger partial charge in [-0.15, -0.1) is 0 Å². The molecule has 36 heavy (non-hydrogen) atoms. The molecule has 1 aliphatic heterocycles. The lowest BCUT2D eigenvalue weighted by molar-refractivity contribution is -0.140. The van der Waals surface area contributed by atoms with Gasteiger partial charge in [-0.1, -0.05) is 0 Å². The third-order valence-electron chi connectivity index (χ3n) is 8.19. The summed E-state index contributed by atoms with van der Waals surface area (Å²) >= 11 is 0. The molecule has 0 aromatic carbocycles. The summed E-state index contributed by atoms with van der Waals surface area (Å²) in [4.78, 5) is 22.5. The van der Waals surface area contributed by atoms with Crippen molar-refractivity contribution < 1.29 is 31.5 Å². The summed E-state index contributed by atoms with van der Waals surface area (Å²) in [5, 5.41) is 4.57. The first-order chi connectivity index (χ1) is 16.9. The summed E-state index contributed by atoms with van der Waals surface area (Å²) in [6.45, 7) is 1.09. The van der Waals surface area contributed by atoms with Crippen LogP contribution in [-0.4, -0.2) is 56.2 Å². The van der Waals surface area contributed by atoms with Gasteiger partial charge in [0.25, 0.3) is 11.8 Å². The zero-order valence-corrected chi connectivity index (χ0v) is 19.7. The lowest BCUT2D eigenvalue weighted by Gasteiger charge is -2.58. The molecule has 6 rings (SSSR count). The molecule has 0 N–H and O–H groups in total. The van der Waals surface area contributed by atoms with Gasteiger partial charge >= 0.3 is 6.18 Å². The van der Waals surface area contributed by atoms with Crippen LogP contribution in [0.1, 0.15) is 79.2 Å². The number of halogens is 5. The summed E-state index contributed by atoms with van der Waals surface area (Å²) in [6, 6.07) is 0.931. The highest BCUT2D eigenvalue weighted by atomic mass is 19.4. The van der Waals surface area contributed by atoms with Crippen molar-refractivity contribution in [1.82, 2.24) is 24.6 Å². The molecular weight excluding hydrogens is 485 g/mol. The van der Waals surface area contributed by atoms with E-state index in [0.29, 0.717) is 25.1 Å². The van der Waals surface area contributed by atoms with Crippen molar-refractivity contribution in [1.29, 1.82) is 0 Å². The van der Waals surface area contributed by atoms with E-state index in [4.69, 9.17) is 4.74 Å². The number of likely N-dealkylation sites (tertiary alicyclic amines) is 1. The Balaban J connectivity index is 1.09. The van der Waals surface area contributed by atoms with Crippen LogP contribution in [0.4, 0.5) is 22.0 Å².